The fourth-order valence-corrected chi connectivity index (χ4v) is 8.30. The van der Waals surface area contributed by atoms with E-state index in [9.17, 15) is 13.2 Å². The smallest absolute Gasteiger partial charge is 0.307 e. The number of alkyl halides is 3. The van der Waals surface area contributed by atoms with Gasteiger partial charge in [0, 0.05) is 27.1 Å². The maximum absolute atomic E-state index is 15.7. The monoisotopic (exact) mass is 794 g/mol. The van der Waals surface area contributed by atoms with Gasteiger partial charge in [-0.15, -0.1) is 0 Å². The van der Waals surface area contributed by atoms with Crippen LogP contribution in [0, 0.1) is 29.1 Å². The van der Waals surface area contributed by atoms with Crippen molar-refractivity contribution in [1.29, 1.82) is 0 Å². The van der Waals surface area contributed by atoms with Crippen LogP contribution in [0.5, 0.6) is 0 Å². The molecule has 288 valence electrons. The van der Waals surface area contributed by atoms with Crippen LogP contribution in [0.1, 0.15) is 5.56 Å². The Balaban J connectivity index is 1.38. The van der Waals surface area contributed by atoms with E-state index < -0.39 is 52.0 Å². The molecule has 0 radical (unpaired) electrons. The lowest BCUT2D eigenvalue weighted by molar-refractivity contribution is -0.137. The lowest BCUT2D eigenvalue weighted by atomic mass is 9.95. The van der Waals surface area contributed by atoms with E-state index in [1.807, 2.05) is 109 Å². The first-order chi connectivity index (χ1) is 28.5. The summed E-state index contributed by atoms with van der Waals surface area (Å²) < 4.78 is 125. The van der Waals surface area contributed by atoms with E-state index in [1.54, 1.807) is 45.5 Å². The van der Waals surface area contributed by atoms with Crippen molar-refractivity contribution in [3.05, 3.63) is 192 Å². The van der Waals surface area contributed by atoms with Crippen LogP contribution in [-0.2, 0) is 6.18 Å². The number of fused-ring (bicyclic) bond motifs is 6. The molecular formula is C49H26F8N2. The van der Waals surface area contributed by atoms with Gasteiger partial charge in [-0.05, 0) is 70.8 Å². The van der Waals surface area contributed by atoms with Gasteiger partial charge in [0.05, 0.1) is 44.6 Å². The zero-order valence-corrected chi connectivity index (χ0v) is 30.4. The second-order valence-electron chi connectivity index (χ2n) is 14.2. The van der Waals surface area contributed by atoms with Crippen LogP contribution >= 0.6 is 0 Å². The molecule has 0 aliphatic rings. The van der Waals surface area contributed by atoms with Crippen molar-refractivity contribution in [2.45, 2.75) is 6.18 Å². The molecule has 10 heteroatoms. The van der Waals surface area contributed by atoms with Gasteiger partial charge in [0.2, 0.25) is 5.82 Å². The molecule has 59 heavy (non-hydrogen) atoms. The summed E-state index contributed by atoms with van der Waals surface area (Å²) in [5, 5.41) is 2.83. The third kappa shape index (κ3) is 5.61. The standard InChI is InChI=1S/C49H26F8N2/c50-44-43(45(51)47(53)48(54)46(44)52)35-25-41(58-37-17-9-7-15-31(37)33-23-29(19-21-39(33)58)27-11-3-1-4-12-27)42(26-36(35)49(55,56)57)59-38-18-10-8-16-32(38)34-24-30(20-22-40(34)59)28-13-5-2-6-14-28/h1-26H. The number of nitrogens with zero attached hydrogens (tertiary/aromatic N) is 2. The molecule has 0 unspecified atom stereocenters. The zero-order valence-electron chi connectivity index (χ0n) is 30.4. The van der Waals surface area contributed by atoms with Crippen molar-refractivity contribution < 1.29 is 35.1 Å². The lowest BCUT2D eigenvalue weighted by Crippen LogP contribution is -2.14. The normalized spacial score (nSPS) is 12.1. The summed E-state index contributed by atoms with van der Waals surface area (Å²) in [6, 6.07) is 46.3. The number of halogens is 8. The van der Waals surface area contributed by atoms with Crippen LogP contribution in [0.25, 0.3) is 88.4 Å². The van der Waals surface area contributed by atoms with Crippen LogP contribution in [-0.4, -0.2) is 9.13 Å². The predicted molar refractivity (Wildman–Crippen MR) is 216 cm³/mol. The molecule has 0 fully saturated rings. The first-order valence-corrected chi connectivity index (χ1v) is 18.5. The summed E-state index contributed by atoms with van der Waals surface area (Å²) in [7, 11) is 0. The van der Waals surface area contributed by atoms with Crippen molar-refractivity contribution in [1.82, 2.24) is 9.13 Å². The molecule has 8 aromatic carbocycles. The second kappa shape index (κ2) is 13.4. The highest BCUT2D eigenvalue weighted by molar-refractivity contribution is 6.13. The Kier molecular flexibility index (Phi) is 8.24. The van der Waals surface area contributed by atoms with Crippen LogP contribution in [0.2, 0.25) is 0 Å². The molecular weight excluding hydrogens is 769 g/mol. The number of hydrogen-bond acceptors (Lipinski definition) is 0. The Morgan fingerprint density at radius 2 is 0.729 bits per heavy atom. The molecule has 0 atom stereocenters. The van der Waals surface area contributed by atoms with Gasteiger partial charge in [-0.25, -0.2) is 22.0 Å². The molecule has 0 saturated heterocycles. The zero-order chi connectivity index (χ0) is 40.7. The van der Waals surface area contributed by atoms with Crippen LogP contribution < -0.4 is 0 Å². The summed E-state index contributed by atoms with van der Waals surface area (Å²) in [5.41, 5.74) is 1.02. The average Bonchev–Trinajstić information content (AvgIpc) is 3.77. The molecule has 2 nitrogen and oxygen atoms in total. The maximum atomic E-state index is 15.7. The fourth-order valence-electron chi connectivity index (χ4n) is 8.30. The van der Waals surface area contributed by atoms with E-state index >= 15 is 22.0 Å². The van der Waals surface area contributed by atoms with E-state index in [-0.39, 0.29) is 11.4 Å². The Morgan fingerprint density at radius 1 is 0.339 bits per heavy atom. The highest BCUT2D eigenvalue weighted by Gasteiger charge is 2.39. The Labute approximate surface area is 330 Å². The summed E-state index contributed by atoms with van der Waals surface area (Å²) in [4.78, 5) is 0. The number of benzene rings is 8. The molecule has 2 aromatic heterocycles. The third-order valence-electron chi connectivity index (χ3n) is 10.9. The summed E-state index contributed by atoms with van der Waals surface area (Å²) >= 11 is 0. The second-order valence-corrected chi connectivity index (χ2v) is 14.2. The molecule has 10 aromatic rings. The predicted octanol–water partition coefficient (Wildman–Crippen LogP) is 14.6. The Hall–Kier alpha value is -7.20. The van der Waals surface area contributed by atoms with E-state index in [1.165, 1.54) is 0 Å². The van der Waals surface area contributed by atoms with Crippen molar-refractivity contribution in [2.24, 2.45) is 0 Å². The Bertz CT molecular complexity index is 3280. The lowest BCUT2D eigenvalue weighted by Gasteiger charge is -2.22. The molecule has 0 aliphatic carbocycles. The highest BCUT2D eigenvalue weighted by Crippen LogP contribution is 2.47. The van der Waals surface area contributed by atoms with E-state index in [0.717, 1.165) is 34.4 Å². The summed E-state index contributed by atoms with van der Waals surface area (Å²) in [6.45, 7) is 0. The van der Waals surface area contributed by atoms with Crippen molar-refractivity contribution in [3.8, 4) is 44.8 Å². The quantitative estimate of drug-likeness (QED) is 0.0933. The van der Waals surface area contributed by atoms with Crippen LogP contribution in [0.3, 0.4) is 0 Å². The van der Waals surface area contributed by atoms with Crippen molar-refractivity contribution >= 4 is 43.6 Å². The maximum Gasteiger partial charge on any atom is 0.417 e. The van der Waals surface area contributed by atoms with Gasteiger partial charge in [-0.3, -0.25) is 0 Å². The van der Waals surface area contributed by atoms with Crippen LogP contribution in [0.15, 0.2) is 158 Å². The first kappa shape index (κ1) is 36.2. The number of rotatable bonds is 5. The van der Waals surface area contributed by atoms with Gasteiger partial charge < -0.3 is 9.13 Å². The molecule has 0 spiro atoms. The molecule has 0 saturated carbocycles. The van der Waals surface area contributed by atoms with E-state index in [2.05, 4.69) is 0 Å². The average molecular weight is 795 g/mol. The first-order valence-electron chi connectivity index (χ1n) is 18.5. The van der Waals surface area contributed by atoms with E-state index in [0.29, 0.717) is 43.6 Å². The molecule has 0 amide bonds. The summed E-state index contributed by atoms with van der Waals surface area (Å²) in [5.74, 6) is -12.0. The summed E-state index contributed by atoms with van der Waals surface area (Å²) in [6.07, 6.45) is -5.33. The minimum absolute atomic E-state index is 0.00890. The number of aromatic nitrogens is 2. The van der Waals surface area contributed by atoms with Crippen molar-refractivity contribution in [3.63, 3.8) is 0 Å². The highest BCUT2D eigenvalue weighted by atomic mass is 19.4. The molecule has 2 heterocycles. The van der Waals surface area contributed by atoms with Crippen LogP contribution in [0.4, 0.5) is 35.1 Å². The van der Waals surface area contributed by atoms with Gasteiger partial charge >= 0.3 is 6.18 Å². The number of para-hydroxylation sites is 2. The third-order valence-corrected chi connectivity index (χ3v) is 10.9. The molecule has 0 N–H and O–H groups in total. The van der Waals surface area contributed by atoms with Gasteiger partial charge in [-0.2, -0.15) is 13.2 Å². The minimum atomic E-state index is -5.33. The van der Waals surface area contributed by atoms with Crippen molar-refractivity contribution in [2.75, 3.05) is 0 Å². The Morgan fingerprint density at radius 3 is 1.19 bits per heavy atom. The van der Waals surface area contributed by atoms with Gasteiger partial charge in [0.25, 0.3) is 0 Å². The topological polar surface area (TPSA) is 9.86 Å². The molecule has 0 bridgehead atoms. The largest absolute Gasteiger partial charge is 0.417 e. The SMILES string of the molecule is Fc1c(F)c(F)c(-c2cc(-n3c4ccccc4c4cc(-c5ccccc5)ccc43)c(-n3c4ccccc4c4cc(-c5ccccc5)ccc43)cc2C(F)(F)F)c(F)c1F. The molecule has 0 aliphatic heterocycles. The van der Waals surface area contributed by atoms with Gasteiger partial charge in [0.1, 0.15) is 0 Å². The number of hydrogen-bond donors (Lipinski definition) is 0. The fraction of sp³-hybridized carbons (Fsp3) is 0.0204. The minimum Gasteiger partial charge on any atom is -0.307 e. The van der Waals surface area contributed by atoms with E-state index in [4.69, 9.17) is 0 Å². The van der Waals surface area contributed by atoms with Gasteiger partial charge in [0.15, 0.2) is 23.3 Å². The molecule has 10 rings (SSSR count). The van der Waals surface area contributed by atoms with Gasteiger partial charge in [-0.1, -0.05) is 109 Å².